The molecule has 2 aromatic rings. The van der Waals surface area contributed by atoms with Crippen molar-refractivity contribution in [2.75, 3.05) is 5.32 Å². The van der Waals surface area contributed by atoms with Crippen molar-refractivity contribution in [3.63, 3.8) is 0 Å². The van der Waals surface area contributed by atoms with Crippen LogP contribution in [0.25, 0.3) is 0 Å². The van der Waals surface area contributed by atoms with Crippen LogP contribution in [0.5, 0.6) is 0 Å². The third kappa shape index (κ3) is 3.37. The smallest absolute Gasteiger partial charge is 0.378 e. The Kier molecular flexibility index (Phi) is 3.97. The minimum absolute atomic E-state index is 0.0489. The summed E-state index contributed by atoms with van der Waals surface area (Å²) in [5.41, 5.74) is 0.731. The number of halogens is 3. The minimum atomic E-state index is -4.45. The van der Waals surface area contributed by atoms with Crippen molar-refractivity contribution in [3.8, 4) is 0 Å². The van der Waals surface area contributed by atoms with Gasteiger partial charge in [0.25, 0.3) is 0 Å². The van der Waals surface area contributed by atoms with Gasteiger partial charge in [-0.15, -0.1) is 0 Å². The van der Waals surface area contributed by atoms with Gasteiger partial charge < -0.3 is 5.32 Å². The SMILES string of the molecule is Cc1nn(C(C)C)cc1NCc1cn(C)nc1C(F)(F)F. The monoisotopic (exact) mass is 301 g/mol. The maximum atomic E-state index is 12.9. The number of anilines is 1. The summed E-state index contributed by atoms with van der Waals surface area (Å²) < 4.78 is 41.5. The molecule has 0 unspecified atom stereocenters. The van der Waals surface area contributed by atoms with Crippen molar-refractivity contribution in [3.05, 3.63) is 29.3 Å². The molecule has 2 heterocycles. The standard InChI is InChI=1S/C13H18F3N5/c1-8(2)21-7-11(9(3)18-21)17-5-10-6-20(4)19-12(10)13(14,15)16/h6-8,17H,5H2,1-4H3. The van der Waals surface area contributed by atoms with Gasteiger partial charge in [-0.2, -0.15) is 23.4 Å². The third-order valence-electron chi connectivity index (χ3n) is 3.09. The van der Waals surface area contributed by atoms with Crippen LogP contribution >= 0.6 is 0 Å². The van der Waals surface area contributed by atoms with Crippen molar-refractivity contribution >= 4 is 5.69 Å². The average Bonchev–Trinajstić information content (AvgIpc) is 2.89. The van der Waals surface area contributed by atoms with Crippen LogP contribution in [0.15, 0.2) is 12.4 Å². The number of aryl methyl sites for hydroxylation is 2. The molecular weight excluding hydrogens is 283 g/mol. The number of nitrogens with zero attached hydrogens (tertiary/aromatic N) is 4. The summed E-state index contributed by atoms with van der Waals surface area (Å²) in [5.74, 6) is 0. The number of hydrogen-bond acceptors (Lipinski definition) is 3. The molecular formula is C13H18F3N5. The van der Waals surface area contributed by atoms with E-state index >= 15 is 0 Å². The van der Waals surface area contributed by atoms with E-state index < -0.39 is 11.9 Å². The number of rotatable bonds is 4. The highest BCUT2D eigenvalue weighted by atomic mass is 19.4. The fourth-order valence-electron chi connectivity index (χ4n) is 2.02. The molecule has 0 amide bonds. The highest BCUT2D eigenvalue weighted by molar-refractivity contribution is 5.46. The molecule has 2 aromatic heterocycles. The fourth-order valence-corrected chi connectivity index (χ4v) is 2.02. The topological polar surface area (TPSA) is 47.7 Å². The van der Waals surface area contributed by atoms with Gasteiger partial charge in [0.15, 0.2) is 5.69 Å². The lowest BCUT2D eigenvalue weighted by Crippen LogP contribution is -2.11. The minimum Gasteiger partial charge on any atom is -0.378 e. The largest absolute Gasteiger partial charge is 0.435 e. The van der Waals surface area contributed by atoms with Gasteiger partial charge in [-0.1, -0.05) is 0 Å². The summed E-state index contributed by atoms with van der Waals surface area (Å²) >= 11 is 0. The molecule has 0 aliphatic heterocycles. The molecule has 0 aliphatic carbocycles. The maximum Gasteiger partial charge on any atom is 0.435 e. The van der Waals surface area contributed by atoms with Gasteiger partial charge in [-0.25, -0.2) is 0 Å². The summed E-state index contributed by atoms with van der Waals surface area (Å²) in [5, 5.41) is 10.8. The van der Waals surface area contributed by atoms with E-state index in [-0.39, 0.29) is 18.2 Å². The Morgan fingerprint density at radius 1 is 1.24 bits per heavy atom. The lowest BCUT2D eigenvalue weighted by Gasteiger charge is -2.07. The van der Waals surface area contributed by atoms with Gasteiger partial charge >= 0.3 is 6.18 Å². The molecule has 0 radical (unpaired) electrons. The van der Waals surface area contributed by atoms with Crippen LogP contribution in [0.2, 0.25) is 0 Å². The summed E-state index contributed by atoms with van der Waals surface area (Å²) in [6, 6.07) is 0.198. The Balaban J connectivity index is 2.17. The Morgan fingerprint density at radius 3 is 2.43 bits per heavy atom. The first-order chi connectivity index (χ1) is 9.68. The summed E-state index contributed by atoms with van der Waals surface area (Å²) in [6.07, 6.45) is -1.28. The molecule has 116 valence electrons. The molecule has 2 rings (SSSR count). The molecule has 1 N–H and O–H groups in total. The Morgan fingerprint density at radius 2 is 1.90 bits per heavy atom. The van der Waals surface area contributed by atoms with Gasteiger partial charge in [-0.05, 0) is 20.8 Å². The van der Waals surface area contributed by atoms with Crippen molar-refractivity contribution in [1.82, 2.24) is 19.6 Å². The summed E-state index contributed by atoms with van der Waals surface area (Å²) in [4.78, 5) is 0. The van der Waals surface area contributed by atoms with E-state index in [4.69, 9.17) is 0 Å². The second-order valence-corrected chi connectivity index (χ2v) is 5.23. The molecule has 5 nitrogen and oxygen atoms in total. The lowest BCUT2D eigenvalue weighted by atomic mass is 10.2. The quantitative estimate of drug-likeness (QED) is 0.943. The molecule has 0 saturated heterocycles. The van der Waals surface area contributed by atoms with Gasteiger partial charge in [0, 0.05) is 37.6 Å². The molecule has 0 bridgehead atoms. The number of aromatic nitrogens is 4. The fraction of sp³-hybridized carbons (Fsp3) is 0.538. The first-order valence-electron chi connectivity index (χ1n) is 6.58. The zero-order chi connectivity index (χ0) is 15.8. The lowest BCUT2D eigenvalue weighted by molar-refractivity contribution is -0.142. The normalized spacial score (nSPS) is 12.2. The van der Waals surface area contributed by atoms with E-state index in [9.17, 15) is 13.2 Å². The van der Waals surface area contributed by atoms with Crippen LogP contribution in [-0.4, -0.2) is 19.6 Å². The first kappa shape index (κ1) is 15.4. The molecule has 0 aliphatic rings. The van der Waals surface area contributed by atoms with Crippen LogP contribution in [-0.2, 0) is 19.8 Å². The van der Waals surface area contributed by atoms with Gasteiger partial charge in [-0.3, -0.25) is 9.36 Å². The van der Waals surface area contributed by atoms with Gasteiger partial charge in [0.1, 0.15) is 0 Å². The first-order valence-corrected chi connectivity index (χ1v) is 6.58. The number of hydrogen-bond donors (Lipinski definition) is 1. The highest BCUT2D eigenvalue weighted by Gasteiger charge is 2.36. The van der Waals surface area contributed by atoms with Crippen LogP contribution < -0.4 is 5.32 Å². The Hall–Kier alpha value is -1.99. The van der Waals surface area contributed by atoms with E-state index in [0.717, 1.165) is 11.4 Å². The van der Waals surface area contributed by atoms with E-state index in [0.29, 0.717) is 0 Å². The maximum absolute atomic E-state index is 12.9. The van der Waals surface area contributed by atoms with Crippen molar-refractivity contribution in [2.24, 2.45) is 7.05 Å². The Labute approximate surface area is 120 Å². The van der Waals surface area contributed by atoms with Crippen LogP contribution in [0, 0.1) is 6.92 Å². The van der Waals surface area contributed by atoms with Crippen LogP contribution in [0.1, 0.15) is 36.8 Å². The zero-order valence-corrected chi connectivity index (χ0v) is 12.4. The van der Waals surface area contributed by atoms with Crippen molar-refractivity contribution in [2.45, 2.75) is 39.5 Å². The molecule has 0 spiro atoms. The average molecular weight is 301 g/mol. The molecule has 0 atom stereocenters. The predicted octanol–water partition coefficient (Wildman–Crippen LogP) is 3.14. The molecule has 21 heavy (non-hydrogen) atoms. The molecule has 0 fully saturated rings. The Bertz CT molecular complexity index is 624. The number of alkyl halides is 3. The van der Waals surface area contributed by atoms with E-state index in [1.54, 1.807) is 10.9 Å². The van der Waals surface area contributed by atoms with E-state index in [1.807, 2.05) is 20.8 Å². The molecule has 8 heteroatoms. The number of nitrogens with one attached hydrogen (secondary N) is 1. The highest BCUT2D eigenvalue weighted by Crippen LogP contribution is 2.31. The van der Waals surface area contributed by atoms with Crippen molar-refractivity contribution in [1.29, 1.82) is 0 Å². The second-order valence-electron chi connectivity index (χ2n) is 5.23. The second kappa shape index (κ2) is 5.42. The summed E-state index contributed by atoms with van der Waals surface area (Å²) in [6.45, 7) is 5.83. The van der Waals surface area contributed by atoms with E-state index in [2.05, 4.69) is 15.5 Å². The molecule has 0 saturated carbocycles. The van der Waals surface area contributed by atoms with Gasteiger partial charge in [0.05, 0.1) is 11.4 Å². The zero-order valence-electron chi connectivity index (χ0n) is 12.4. The third-order valence-corrected chi connectivity index (χ3v) is 3.09. The predicted molar refractivity (Wildman–Crippen MR) is 72.9 cm³/mol. The van der Waals surface area contributed by atoms with Crippen LogP contribution in [0.4, 0.5) is 18.9 Å². The van der Waals surface area contributed by atoms with E-state index in [1.165, 1.54) is 17.9 Å². The van der Waals surface area contributed by atoms with Crippen LogP contribution in [0.3, 0.4) is 0 Å². The van der Waals surface area contributed by atoms with Gasteiger partial charge in [0.2, 0.25) is 0 Å². The van der Waals surface area contributed by atoms with Crippen molar-refractivity contribution < 1.29 is 13.2 Å². The molecule has 0 aromatic carbocycles. The summed E-state index contributed by atoms with van der Waals surface area (Å²) in [7, 11) is 1.47.